The largest absolute Gasteiger partial charge is 0.387 e. The van der Waals surface area contributed by atoms with E-state index in [0.29, 0.717) is 17.4 Å². The van der Waals surface area contributed by atoms with Crippen LogP contribution in [0, 0.1) is 6.92 Å². The highest BCUT2D eigenvalue weighted by molar-refractivity contribution is 7.99. The third-order valence-electron chi connectivity index (χ3n) is 2.79. The van der Waals surface area contributed by atoms with Crippen molar-refractivity contribution in [2.45, 2.75) is 25.5 Å². The number of aromatic nitrogens is 1. The standard InChI is InChI=1S/C13H21N3OS/c1-9-7-12(14-3)11(8-16-9)13(17)15-6-5-10(2)18-4/h7-8,10H,5-6H2,1-4H3,(H,14,16)(H,15,17). The van der Waals surface area contributed by atoms with Gasteiger partial charge in [0.1, 0.15) is 0 Å². The van der Waals surface area contributed by atoms with E-state index in [-0.39, 0.29) is 5.91 Å². The Labute approximate surface area is 113 Å². The van der Waals surface area contributed by atoms with E-state index in [9.17, 15) is 4.79 Å². The Balaban J connectivity index is 2.61. The SMILES string of the molecule is CNc1cc(C)ncc1C(=O)NCCC(C)SC. The van der Waals surface area contributed by atoms with E-state index in [1.54, 1.807) is 25.0 Å². The lowest BCUT2D eigenvalue weighted by molar-refractivity contribution is 0.0954. The number of pyridine rings is 1. The van der Waals surface area contributed by atoms with Crippen molar-refractivity contribution < 1.29 is 4.79 Å². The average molecular weight is 267 g/mol. The molecule has 0 spiro atoms. The van der Waals surface area contributed by atoms with Crippen LogP contribution in [0.3, 0.4) is 0 Å². The Hall–Kier alpha value is -1.23. The molecule has 4 nitrogen and oxygen atoms in total. The number of carbonyl (C=O) groups excluding carboxylic acids is 1. The summed E-state index contributed by atoms with van der Waals surface area (Å²) in [5.74, 6) is -0.0693. The van der Waals surface area contributed by atoms with E-state index in [0.717, 1.165) is 17.8 Å². The minimum absolute atomic E-state index is 0.0693. The molecule has 0 saturated heterocycles. The number of anilines is 1. The minimum atomic E-state index is -0.0693. The number of thioether (sulfide) groups is 1. The molecule has 1 aromatic heterocycles. The highest BCUT2D eigenvalue weighted by Gasteiger charge is 2.11. The number of carbonyl (C=O) groups is 1. The molecule has 1 amide bonds. The molecule has 0 aromatic carbocycles. The van der Waals surface area contributed by atoms with Gasteiger partial charge in [-0.3, -0.25) is 9.78 Å². The van der Waals surface area contributed by atoms with Gasteiger partial charge in [0.2, 0.25) is 0 Å². The normalized spacial score (nSPS) is 12.0. The van der Waals surface area contributed by atoms with Crippen LogP contribution in [0.4, 0.5) is 5.69 Å². The van der Waals surface area contributed by atoms with Gasteiger partial charge in [0, 0.05) is 30.7 Å². The second-order valence-corrected chi connectivity index (χ2v) is 5.49. The van der Waals surface area contributed by atoms with Gasteiger partial charge in [-0.2, -0.15) is 11.8 Å². The molecule has 100 valence electrons. The molecule has 0 bridgehead atoms. The number of hydrogen-bond acceptors (Lipinski definition) is 4. The lowest BCUT2D eigenvalue weighted by Crippen LogP contribution is -2.27. The first kappa shape index (κ1) is 14.8. The first-order chi connectivity index (χ1) is 8.58. The number of nitrogens with one attached hydrogen (secondary N) is 2. The van der Waals surface area contributed by atoms with Crippen molar-refractivity contribution in [3.05, 3.63) is 23.5 Å². The average Bonchev–Trinajstić information content (AvgIpc) is 2.37. The predicted molar refractivity (Wildman–Crippen MR) is 78.4 cm³/mol. The maximum atomic E-state index is 12.0. The minimum Gasteiger partial charge on any atom is -0.387 e. The van der Waals surface area contributed by atoms with Crippen molar-refractivity contribution in [2.75, 3.05) is 25.2 Å². The molecule has 2 N–H and O–H groups in total. The van der Waals surface area contributed by atoms with E-state index >= 15 is 0 Å². The van der Waals surface area contributed by atoms with Crippen LogP contribution in [0.1, 0.15) is 29.4 Å². The molecular formula is C13H21N3OS. The highest BCUT2D eigenvalue weighted by atomic mass is 32.2. The van der Waals surface area contributed by atoms with Gasteiger partial charge in [-0.1, -0.05) is 6.92 Å². The van der Waals surface area contributed by atoms with E-state index in [4.69, 9.17) is 0 Å². The lowest BCUT2D eigenvalue weighted by Gasteiger charge is -2.11. The van der Waals surface area contributed by atoms with E-state index in [2.05, 4.69) is 28.8 Å². The number of nitrogens with zero attached hydrogens (tertiary/aromatic N) is 1. The summed E-state index contributed by atoms with van der Waals surface area (Å²) < 4.78 is 0. The third kappa shape index (κ3) is 4.22. The quantitative estimate of drug-likeness (QED) is 0.830. The van der Waals surface area contributed by atoms with Crippen molar-refractivity contribution in [1.82, 2.24) is 10.3 Å². The van der Waals surface area contributed by atoms with Gasteiger partial charge >= 0.3 is 0 Å². The maximum Gasteiger partial charge on any atom is 0.254 e. The van der Waals surface area contributed by atoms with Crippen molar-refractivity contribution >= 4 is 23.4 Å². The summed E-state index contributed by atoms with van der Waals surface area (Å²) in [7, 11) is 1.81. The topological polar surface area (TPSA) is 54.0 Å². The van der Waals surface area contributed by atoms with Crippen LogP contribution < -0.4 is 10.6 Å². The van der Waals surface area contributed by atoms with Crippen molar-refractivity contribution in [3.63, 3.8) is 0 Å². The molecule has 1 unspecified atom stereocenters. The first-order valence-electron chi connectivity index (χ1n) is 6.04. The predicted octanol–water partition coefficient (Wildman–Crippen LogP) is 2.30. The lowest BCUT2D eigenvalue weighted by atomic mass is 10.2. The van der Waals surface area contributed by atoms with Gasteiger partial charge < -0.3 is 10.6 Å². The molecular weight excluding hydrogens is 246 g/mol. The van der Waals surface area contributed by atoms with E-state index in [1.165, 1.54) is 0 Å². The Kier molecular flexibility index (Phi) is 5.98. The zero-order chi connectivity index (χ0) is 13.5. The summed E-state index contributed by atoms with van der Waals surface area (Å²) in [6, 6.07) is 1.87. The van der Waals surface area contributed by atoms with Gasteiger partial charge in [0.25, 0.3) is 5.91 Å². The summed E-state index contributed by atoms with van der Waals surface area (Å²) in [5, 5.41) is 6.51. The first-order valence-corrected chi connectivity index (χ1v) is 7.32. The van der Waals surface area contributed by atoms with Gasteiger partial charge in [-0.05, 0) is 25.7 Å². The number of amides is 1. The molecule has 1 aromatic rings. The van der Waals surface area contributed by atoms with Gasteiger partial charge in [-0.25, -0.2) is 0 Å². The Morgan fingerprint density at radius 2 is 2.28 bits per heavy atom. The number of rotatable bonds is 6. The molecule has 0 aliphatic carbocycles. The van der Waals surface area contributed by atoms with E-state index < -0.39 is 0 Å². The van der Waals surface area contributed by atoms with Crippen LogP contribution in [-0.4, -0.2) is 36.0 Å². The second kappa shape index (κ2) is 7.26. The smallest absolute Gasteiger partial charge is 0.254 e. The van der Waals surface area contributed by atoms with Crippen molar-refractivity contribution in [1.29, 1.82) is 0 Å². The highest BCUT2D eigenvalue weighted by Crippen LogP contribution is 2.15. The molecule has 1 atom stereocenters. The van der Waals surface area contributed by atoms with Gasteiger partial charge in [0.15, 0.2) is 0 Å². The Morgan fingerprint density at radius 1 is 1.56 bits per heavy atom. The van der Waals surface area contributed by atoms with Gasteiger partial charge in [-0.15, -0.1) is 0 Å². The van der Waals surface area contributed by atoms with Crippen molar-refractivity contribution in [2.24, 2.45) is 0 Å². The van der Waals surface area contributed by atoms with Crippen LogP contribution in [0.5, 0.6) is 0 Å². The van der Waals surface area contributed by atoms with Crippen LogP contribution in [0.25, 0.3) is 0 Å². The number of hydrogen-bond donors (Lipinski definition) is 2. The molecule has 5 heteroatoms. The van der Waals surface area contributed by atoms with Crippen LogP contribution in [0.2, 0.25) is 0 Å². The zero-order valence-corrected chi connectivity index (χ0v) is 12.2. The molecule has 0 saturated carbocycles. The Bertz CT molecular complexity index is 409. The summed E-state index contributed by atoms with van der Waals surface area (Å²) in [5.41, 5.74) is 2.31. The fraction of sp³-hybridized carbons (Fsp3) is 0.538. The van der Waals surface area contributed by atoms with Gasteiger partial charge in [0.05, 0.1) is 11.3 Å². The molecule has 0 radical (unpaired) electrons. The summed E-state index contributed by atoms with van der Waals surface area (Å²) in [6.07, 6.45) is 4.67. The van der Waals surface area contributed by atoms with Crippen molar-refractivity contribution in [3.8, 4) is 0 Å². The van der Waals surface area contributed by atoms with Crippen LogP contribution in [-0.2, 0) is 0 Å². The molecule has 0 aliphatic heterocycles. The second-order valence-electron chi connectivity index (χ2n) is 4.21. The number of aryl methyl sites for hydroxylation is 1. The summed E-state index contributed by atoms with van der Waals surface area (Å²) in [4.78, 5) is 16.2. The molecule has 1 rings (SSSR count). The van der Waals surface area contributed by atoms with Crippen LogP contribution >= 0.6 is 11.8 Å². The summed E-state index contributed by atoms with van der Waals surface area (Å²) >= 11 is 1.81. The third-order valence-corrected chi connectivity index (χ3v) is 3.83. The maximum absolute atomic E-state index is 12.0. The summed E-state index contributed by atoms with van der Waals surface area (Å²) in [6.45, 7) is 4.75. The fourth-order valence-corrected chi connectivity index (χ4v) is 1.90. The molecule has 18 heavy (non-hydrogen) atoms. The van der Waals surface area contributed by atoms with E-state index in [1.807, 2.05) is 13.0 Å². The Morgan fingerprint density at radius 3 is 2.89 bits per heavy atom. The molecule has 1 heterocycles. The zero-order valence-electron chi connectivity index (χ0n) is 11.4. The fourth-order valence-electron chi connectivity index (χ4n) is 1.55. The molecule has 0 fully saturated rings. The van der Waals surface area contributed by atoms with Crippen LogP contribution in [0.15, 0.2) is 12.3 Å². The monoisotopic (exact) mass is 267 g/mol. The molecule has 0 aliphatic rings.